The molecule has 0 radical (unpaired) electrons. The Hall–Kier alpha value is -2.91. The summed E-state index contributed by atoms with van der Waals surface area (Å²) in [6.45, 7) is 2.56. The van der Waals surface area contributed by atoms with E-state index in [-0.39, 0.29) is 23.5 Å². The van der Waals surface area contributed by atoms with Gasteiger partial charge in [-0.2, -0.15) is 0 Å². The largest absolute Gasteiger partial charge is 0.497 e. The minimum Gasteiger partial charge on any atom is -0.497 e. The molecular formula is C24H28FN5O2S. The summed E-state index contributed by atoms with van der Waals surface area (Å²) in [6.07, 6.45) is 5.04. The molecule has 2 aromatic carbocycles. The summed E-state index contributed by atoms with van der Waals surface area (Å²) < 4.78 is 21.0. The third-order valence-corrected chi connectivity index (χ3v) is 6.73. The van der Waals surface area contributed by atoms with Crippen molar-refractivity contribution in [2.75, 3.05) is 32.5 Å². The molecule has 1 aliphatic rings. The normalized spacial score (nSPS) is 15.2. The van der Waals surface area contributed by atoms with Crippen LogP contribution in [-0.2, 0) is 4.79 Å². The van der Waals surface area contributed by atoms with Crippen LogP contribution in [0.3, 0.4) is 0 Å². The van der Waals surface area contributed by atoms with Crippen LogP contribution in [0.25, 0.3) is 5.69 Å². The molecule has 174 valence electrons. The van der Waals surface area contributed by atoms with E-state index in [9.17, 15) is 9.18 Å². The number of hydrogen-bond acceptors (Lipinski definition) is 6. The number of carbonyl (C=O) groups is 1. The number of hydrogen-bond donors (Lipinski definition) is 1. The van der Waals surface area contributed by atoms with Gasteiger partial charge in [0.1, 0.15) is 17.9 Å². The summed E-state index contributed by atoms with van der Waals surface area (Å²) in [5.41, 5.74) is 1.51. The van der Waals surface area contributed by atoms with Gasteiger partial charge in [0.2, 0.25) is 5.91 Å². The number of methoxy groups -OCH3 is 1. The molecule has 1 saturated heterocycles. The lowest BCUT2D eigenvalue weighted by molar-refractivity contribution is -0.118. The summed E-state index contributed by atoms with van der Waals surface area (Å²) >= 11 is 1.23. The summed E-state index contributed by atoms with van der Waals surface area (Å²) in [6, 6.07) is 14.6. The van der Waals surface area contributed by atoms with Crippen LogP contribution in [0.4, 0.5) is 4.39 Å². The fourth-order valence-corrected chi connectivity index (χ4v) is 4.79. The third kappa shape index (κ3) is 5.91. The first-order valence-electron chi connectivity index (χ1n) is 11.1. The number of para-hydroxylation sites is 1. The Kier molecular flexibility index (Phi) is 7.96. The second kappa shape index (κ2) is 11.3. The topological polar surface area (TPSA) is 72.3 Å². The van der Waals surface area contributed by atoms with Gasteiger partial charge in [-0.05, 0) is 55.8 Å². The average molecular weight is 470 g/mol. The van der Waals surface area contributed by atoms with Crippen molar-refractivity contribution in [2.24, 2.45) is 0 Å². The van der Waals surface area contributed by atoms with Crippen molar-refractivity contribution in [3.8, 4) is 11.4 Å². The van der Waals surface area contributed by atoms with E-state index < -0.39 is 0 Å². The number of ether oxygens (including phenoxy) is 1. The number of amides is 1. The quantitative estimate of drug-likeness (QED) is 0.480. The molecule has 2 heterocycles. The summed E-state index contributed by atoms with van der Waals surface area (Å²) in [7, 11) is 1.65. The van der Waals surface area contributed by atoms with Gasteiger partial charge in [-0.25, -0.2) is 4.39 Å². The van der Waals surface area contributed by atoms with Crippen molar-refractivity contribution in [1.82, 2.24) is 25.0 Å². The van der Waals surface area contributed by atoms with Crippen LogP contribution in [0.15, 0.2) is 60.0 Å². The summed E-state index contributed by atoms with van der Waals surface area (Å²) in [5.74, 6) is 0.518. The van der Waals surface area contributed by atoms with E-state index in [2.05, 4.69) is 32.5 Å². The van der Waals surface area contributed by atoms with Crippen LogP contribution >= 0.6 is 11.8 Å². The Labute approximate surface area is 197 Å². The van der Waals surface area contributed by atoms with E-state index >= 15 is 0 Å². The Balaban J connectivity index is 1.38. The van der Waals surface area contributed by atoms with Gasteiger partial charge in [0.25, 0.3) is 0 Å². The molecule has 0 aliphatic carbocycles. The maximum atomic E-state index is 14.1. The molecule has 7 nitrogen and oxygen atoms in total. The van der Waals surface area contributed by atoms with Crippen molar-refractivity contribution in [1.29, 1.82) is 0 Å². The first-order chi connectivity index (χ1) is 16.2. The van der Waals surface area contributed by atoms with E-state index in [1.54, 1.807) is 29.9 Å². The monoisotopic (exact) mass is 469 g/mol. The van der Waals surface area contributed by atoms with Gasteiger partial charge in [0, 0.05) is 6.54 Å². The van der Waals surface area contributed by atoms with E-state index in [1.807, 2.05) is 12.1 Å². The minimum absolute atomic E-state index is 0.0985. The van der Waals surface area contributed by atoms with Crippen LogP contribution in [0.5, 0.6) is 5.75 Å². The van der Waals surface area contributed by atoms with Gasteiger partial charge in [0.15, 0.2) is 5.16 Å². The second-order valence-corrected chi connectivity index (χ2v) is 8.86. The molecule has 1 aromatic heterocycles. The second-order valence-electron chi connectivity index (χ2n) is 7.91. The van der Waals surface area contributed by atoms with Crippen molar-refractivity contribution >= 4 is 17.7 Å². The smallest absolute Gasteiger partial charge is 0.230 e. The first-order valence-corrected chi connectivity index (χ1v) is 12.1. The number of nitrogens with one attached hydrogen (secondary N) is 1. The number of benzene rings is 2. The summed E-state index contributed by atoms with van der Waals surface area (Å²) in [4.78, 5) is 15.1. The highest BCUT2D eigenvalue weighted by molar-refractivity contribution is 7.99. The molecule has 0 saturated carbocycles. The summed E-state index contributed by atoms with van der Waals surface area (Å²) in [5, 5.41) is 11.5. The molecule has 0 unspecified atom stereocenters. The van der Waals surface area contributed by atoms with Gasteiger partial charge in [-0.15, -0.1) is 10.2 Å². The lowest BCUT2D eigenvalue weighted by atomic mass is 10.0. The van der Waals surface area contributed by atoms with Crippen molar-refractivity contribution in [3.05, 3.63) is 66.2 Å². The maximum Gasteiger partial charge on any atom is 0.230 e. The molecule has 4 rings (SSSR count). The molecule has 33 heavy (non-hydrogen) atoms. The van der Waals surface area contributed by atoms with Crippen molar-refractivity contribution in [2.45, 2.75) is 30.5 Å². The molecule has 0 bridgehead atoms. The molecule has 9 heteroatoms. The SMILES string of the molecule is COc1ccc([C@H](CNC(=O)CSc2nncn2-c2ccccc2F)N2CCCCC2)cc1. The zero-order chi connectivity index (χ0) is 23.0. The number of piperidine rings is 1. The minimum atomic E-state index is -0.368. The fraction of sp³-hybridized carbons (Fsp3) is 0.375. The Morgan fingerprint density at radius 2 is 1.91 bits per heavy atom. The molecule has 3 aromatic rings. The lowest BCUT2D eigenvalue weighted by Gasteiger charge is -2.35. The molecule has 1 fully saturated rings. The Morgan fingerprint density at radius 3 is 2.64 bits per heavy atom. The molecule has 1 aliphatic heterocycles. The number of halogens is 1. The van der Waals surface area contributed by atoms with E-state index in [1.165, 1.54) is 43.4 Å². The standard InChI is InChI=1S/C24H28FN5O2S/c1-32-19-11-9-18(10-12-19)22(29-13-5-2-6-14-29)15-26-23(31)16-33-24-28-27-17-30(24)21-8-4-3-7-20(21)25/h3-4,7-12,17,22H,2,5-6,13-16H2,1H3,(H,26,31)/t22-/m0/s1. The zero-order valence-corrected chi connectivity index (χ0v) is 19.4. The molecule has 1 N–H and O–H groups in total. The highest BCUT2D eigenvalue weighted by Gasteiger charge is 2.23. The first kappa shape index (κ1) is 23.3. The van der Waals surface area contributed by atoms with Crippen LogP contribution in [-0.4, -0.2) is 58.1 Å². The predicted molar refractivity (Wildman–Crippen MR) is 126 cm³/mol. The van der Waals surface area contributed by atoms with Gasteiger partial charge in [0.05, 0.1) is 24.6 Å². The van der Waals surface area contributed by atoms with Crippen LogP contribution in [0.2, 0.25) is 0 Å². The van der Waals surface area contributed by atoms with Gasteiger partial charge in [-0.3, -0.25) is 14.3 Å². The maximum absolute atomic E-state index is 14.1. The van der Waals surface area contributed by atoms with Crippen LogP contribution < -0.4 is 10.1 Å². The third-order valence-electron chi connectivity index (χ3n) is 5.79. The number of nitrogens with zero attached hydrogens (tertiary/aromatic N) is 4. The van der Waals surface area contributed by atoms with E-state index in [0.29, 0.717) is 17.4 Å². The number of carbonyl (C=O) groups excluding carboxylic acids is 1. The predicted octanol–water partition coefficient (Wildman–Crippen LogP) is 3.85. The van der Waals surface area contributed by atoms with Crippen molar-refractivity contribution < 1.29 is 13.9 Å². The number of aromatic nitrogens is 3. The van der Waals surface area contributed by atoms with Crippen LogP contribution in [0, 0.1) is 5.82 Å². The number of likely N-dealkylation sites (tertiary alicyclic amines) is 1. The highest BCUT2D eigenvalue weighted by atomic mass is 32.2. The van der Waals surface area contributed by atoms with Crippen molar-refractivity contribution in [3.63, 3.8) is 0 Å². The zero-order valence-electron chi connectivity index (χ0n) is 18.6. The molecule has 0 spiro atoms. The van der Waals surface area contributed by atoms with E-state index in [4.69, 9.17) is 4.74 Å². The molecule has 1 amide bonds. The molecule has 1 atom stereocenters. The van der Waals surface area contributed by atoms with Crippen LogP contribution in [0.1, 0.15) is 30.9 Å². The Bertz CT molecular complexity index is 1050. The number of thioether (sulfide) groups is 1. The lowest BCUT2D eigenvalue weighted by Crippen LogP contribution is -2.41. The van der Waals surface area contributed by atoms with E-state index in [0.717, 1.165) is 24.4 Å². The average Bonchev–Trinajstić information content (AvgIpc) is 3.32. The number of rotatable bonds is 9. The van der Waals surface area contributed by atoms with Gasteiger partial charge < -0.3 is 10.1 Å². The van der Waals surface area contributed by atoms with Gasteiger partial charge in [-0.1, -0.05) is 42.4 Å². The fourth-order valence-electron chi connectivity index (χ4n) is 4.04. The molecular weight excluding hydrogens is 441 g/mol. The highest BCUT2D eigenvalue weighted by Crippen LogP contribution is 2.26. The Morgan fingerprint density at radius 1 is 1.15 bits per heavy atom. The van der Waals surface area contributed by atoms with Gasteiger partial charge >= 0.3 is 0 Å².